The van der Waals surface area contributed by atoms with Crippen molar-refractivity contribution in [3.05, 3.63) is 90.1 Å². The van der Waals surface area contributed by atoms with Crippen LogP contribution in [0.25, 0.3) is 0 Å². The van der Waals surface area contributed by atoms with Gasteiger partial charge in [-0.2, -0.15) is 0 Å². The van der Waals surface area contributed by atoms with E-state index in [4.69, 9.17) is 21.2 Å². The molecular formula is C19H17ClN3O7. The Morgan fingerprint density at radius 3 is 2.63 bits per heavy atom. The van der Waals surface area contributed by atoms with Gasteiger partial charge in [0.15, 0.2) is 0 Å². The molecule has 10 nitrogen and oxygen atoms in total. The van der Waals surface area contributed by atoms with Crippen LogP contribution in [-0.2, 0) is 26.6 Å². The minimum Gasteiger partial charge on any atom is -0.364 e. The van der Waals surface area contributed by atoms with E-state index in [1.54, 1.807) is 25.3 Å². The molecule has 0 saturated heterocycles. The monoisotopic (exact) mass is 434 g/mol. The molecule has 1 saturated carbocycles. The van der Waals surface area contributed by atoms with Gasteiger partial charge in [-0.1, -0.05) is 23.7 Å². The first-order valence-electron chi connectivity index (χ1n) is 9.13. The smallest absolute Gasteiger partial charge is 0.295 e. The molecule has 4 rings (SSSR count). The first-order valence-corrected chi connectivity index (χ1v) is 9.51. The summed E-state index contributed by atoms with van der Waals surface area (Å²) in [6.45, 7) is 1.92. The summed E-state index contributed by atoms with van der Waals surface area (Å²) in [7, 11) is 0. The molecule has 1 fully saturated rings. The molecule has 1 aliphatic carbocycles. The SMILES string of the molecule is Cc1ncc2c(c1C1(O[N+](=O)[O-])C[CH][C@@H](O[N+](=O)[O-])C1)CO[C@H]2c1ccc(Cl)cc1. The highest BCUT2D eigenvalue weighted by molar-refractivity contribution is 6.30. The van der Waals surface area contributed by atoms with Gasteiger partial charge < -0.3 is 14.4 Å². The lowest BCUT2D eigenvalue weighted by Gasteiger charge is -2.30. The lowest BCUT2D eigenvalue weighted by molar-refractivity contribution is -0.787. The molecule has 0 N–H and O–H groups in total. The molecule has 1 aromatic carbocycles. The van der Waals surface area contributed by atoms with Crippen molar-refractivity contribution in [3.8, 4) is 0 Å². The van der Waals surface area contributed by atoms with Crippen molar-refractivity contribution in [1.29, 1.82) is 0 Å². The first-order chi connectivity index (χ1) is 14.3. The molecule has 2 aromatic rings. The van der Waals surface area contributed by atoms with Crippen LogP contribution in [0.1, 0.15) is 46.9 Å². The summed E-state index contributed by atoms with van der Waals surface area (Å²) < 4.78 is 5.99. The predicted molar refractivity (Wildman–Crippen MR) is 102 cm³/mol. The van der Waals surface area contributed by atoms with Crippen LogP contribution < -0.4 is 0 Å². The standard InChI is InChI=1S/C19H17ClN3O7/c1-11-17(19(30-23(26)27)7-6-14(8-19)29-22(24)25)16-10-28-18(15(16)9-21-11)12-2-4-13(20)5-3-12/h2-6,9,14,18H,7-8,10H2,1H3/t14-,18+,19?/m1/s1. The number of hydrogen-bond acceptors (Lipinski definition) is 8. The number of fused-ring (bicyclic) bond motifs is 1. The first kappa shape index (κ1) is 20.3. The Hall–Kier alpha value is -2.98. The second-order valence-electron chi connectivity index (χ2n) is 7.22. The van der Waals surface area contributed by atoms with Crippen molar-refractivity contribution in [2.75, 3.05) is 0 Å². The van der Waals surface area contributed by atoms with Crippen LogP contribution in [0.3, 0.4) is 0 Å². The summed E-state index contributed by atoms with van der Waals surface area (Å²) in [5.41, 5.74) is 1.98. The normalized spacial score (nSPS) is 25.0. The molecule has 157 valence electrons. The maximum Gasteiger partial charge on any atom is 0.295 e. The number of rotatable bonds is 6. The molecule has 1 unspecified atom stereocenters. The zero-order chi connectivity index (χ0) is 21.5. The Bertz CT molecular complexity index is 1000. The van der Waals surface area contributed by atoms with Crippen molar-refractivity contribution in [2.24, 2.45) is 0 Å². The molecule has 1 aromatic heterocycles. The van der Waals surface area contributed by atoms with Gasteiger partial charge >= 0.3 is 0 Å². The molecule has 0 amide bonds. The van der Waals surface area contributed by atoms with Crippen LogP contribution in [0, 0.1) is 33.6 Å². The van der Waals surface area contributed by atoms with Crippen LogP contribution in [-0.4, -0.2) is 21.3 Å². The summed E-state index contributed by atoms with van der Waals surface area (Å²) in [6.07, 6.45) is 1.84. The van der Waals surface area contributed by atoms with Crippen LogP contribution >= 0.6 is 11.6 Å². The summed E-state index contributed by atoms with van der Waals surface area (Å²) in [5.74, 6) is 0. The van der Waals surface area contributed by atoms with E-state index in [0.717, 1.165) is 16.7 Å². The molecule has 30 heavy (non-hydrogen) atoms. The highest BCUT2D eigenvalue weighted by atomic mass is 35.5. The zero-order valence-corrected chi connectivity index (χ0v) is 16.6. The highest BCUT2D eigenvalue weighted by Crippen LogP contribution is 2.49. The summed E-state index contributed by atoms with van der Waals surface area (Å²) in [5, 5.41) is 20.9. The van der Waals surface area contributed by atoms with E-state index >= 15 is 0 Å². The van der Waals surface area contributed by atoms with Gasteiger partial charge in [-0.05, 0) is 43.0 Å². The fraction of sp³-hybridized carbons (Fsp3) is 0.368. The Morgan fingerprint density at radius 1 is 1.23 bits per heavy atom. The van der Waals surface area contributed by atoms with Gasteiger partial charge in [0.05, 0.1) is 6.61 Å². The van der Waals surface area contributed by atoms with Crippen molar-refractivity contribution in [3.63, 3.8) is 0 Å². The van der Waals surface area contributed by atoms with E-state index in [1.165, 1.54) is 6.42 Å². The maximum atomic E-state index is 11.3. The Labute approximate surface area is 175 Å². The molecule has 0 spiro atoms. The number of nitrogens with zero attached hydrogens (tertiary/aromatic N) is 3. The number of benzene rings is 1. The van der Waals surface area contributed by atoms with Crippen LogP contribution in [0.4, 0.5) is 0 Å². The van der Waals surface area contributed by atoms with Crippen molar-refractivity contribution in [2.45, 2.75) is 44.2 Å². The second kappa shape index (κ2) is 7.69. The van der Waals surface area contributed by atoms with Gasteiger partial charge in [-0.25, -0.2) is 0 Å². The average Bonchev–Trinajstić information content (AvgIpc) is 3.26. The minimum absolute atomic E-state index is 0.0665. The molecule has 2 heterocycles. The van der Waals surface area contributed by atoms with E-state index in [-0.39, 0.29) is 19.4 Å². The number of halogens is 1. The van der Waals surface area contributed by atoms with Gasteiger partial charge in [0.1, 0.15) is 17.8 Å². The lowest BCUT2D eigenvalue weighted by atomic mass is 9.85. The number of aromatic nitrogens is 1. The largest absolute Gasteiger partial charge is 0.364 e. The highest BCUT2D eigenvalue weighted by Gasteiger charge is 2.49. The average molecular weight is 435 g/mol. The van der Waals surface area contributed by atoms with Gasteiger partial charge in [-0.15, -0.1) is 20.2 Å². The van der Waals surface area contributed by atoms with Crippen LogP contribution in [0.2, 0.25) is 5.02 Å². The number of hydrogen-bond donors (Lipinski definition) is 0. The van der Waals surface area contributed by atoms with Crippen molar-refractivity contribution < 1.29 is 24.6 Å². The second-order valence-corrected chi connectivity index (χ2v) is 7.65. The number of ether oxygens (including phenoxy) is 1. The van der Waals surface area contributed by atoms with E-state index < -0.39 is 28.0 Å². The topological polar surface area (TPSA) is 127 Å². The van der Waals surface area contributed by atoms with E-state index in [1.807, 2.05) is 12.1 Å². The lowest BCUT2D eigenvalue weighted by Crippen LogP contribution is -2.33. The zero-order valence-electron chi connectivity index (χ0n) is 15.8. The molecule has 1 aliphatic heterocycles. The van der Waals surface area contributed by atoms with Gasteiger partial charge in [-0.3, -0.25) is 4.98 Å². The van der Waals surface area contributed by atoms with Gasteiger partial charge in [0, 0.05) is 34.5 Å². The molecule has 3 atom stereocenters. The minimum atomic E-state index is -1.44. The third kappa shape index (κ3) is 3.63. The van der Waals surface area contributed by atoms with Gasteiger partial charge in [0.2, 0.25) is 0 Å². The fourth-order valence-corrected chi connectivity index (χ4v) is 4.42. The van der Waals surface area contributed by atoms with Crippen molar-refractivity contribution >= 4 is 11.6 Å². The number of pyridine rings is 1. The quantitative estimate of drug-likeness (QED) is 0.498. The molecule has 11 heteroatoms. The summed E-state index contributed by atoms with van der Waals surface area (Å²) in [6, 6.07) is 7.19. The number of aryl methyl sites for hydroxylation is 1. The Kier molecular flexibility index (Phi) is 5.20. The van der Waals surface area contributed by atoms with E-state index in [9.17, 15) is 20.2 Å². The summed E-state index contributed by atoms with van der Waals surface area (Å²) in [4.78, 5) is 36.3. The van der Waals surface area contributed by atoms with Crippen LogP contribution in [0.5, 0.6) is 0 Å². The molecule has 1 radical (unpaired) electrons. The summed E-state index contributed by atoms with van der Waals surface area (Å²) >= 11 is 5.97. The van der Waals surface area contributed by atoms with Crippen molar-refractivity contribution in [1.82, 2.24) is 4.98 Å². The van der Waals surface area contributed by atoms with E-state index in [2.05, 4.69) is 9.82 Å². The Balaban J connectivity index is 1.77. The van der Waals surface area contributed by atoms with E-state index in [0.29, 0.717) is 16.3 Å². The fourth-order valence-electron chi connectivity index (χ4n) is 4.30. The third-order valence-electron chi connectivity index (χ3n) is 5.43. The molecule has 2 aliphatic rings. The Morgan fingerprint density at radius 2 is 1.97 bits per heavy atom. The van der Waals surface area contributed by atoms with Gasteiger partial charge in [0.25, 0.3) is 10.2 Å². The van der Waals surface area contributed by atoms with Crippen LogP contribution in [0.15, 0.2) is 30.5 Å². The maximum absolute atomic E-state index is 11.3. The third-order valence-corrected chi connectivity index (χ3v) is 5.68. The molecule has 0 bridgehead atoms. The predicted octanol–water partition coefficient (Wildman–Crippen LogP) is 3.64. The molecular weight excluding hydrogens is 418 g/mol.